The summed E-state index contributed by atoms with van der Waals surface area (Å²) in [6, 6.07) is 0. The van der Waals surface area contributed by atoms with Crippen molar-refractivity contribution in [3.05, 3.63) is 12.2 Å². The van der Waals surface area contributed by atoms with Crippen LogP contribution in [0, 0.1) is 0 Å². The quantitative estimate of drug-likeness (QED) is 0.283. The molecule has 4 nitrogen and oxygen atoms in total. The third-order valence-electron chi connectivity index (χ3n) is 1.50. The van der Waals surface area contributed by atoms with Gasteiger partial charge in [0.05, 0.1) is 9.65 Å². The molecule has 0 saturated carbocycles. The normalized spacial score (nSPS) is 14.2. The van der Waals surface area contributed by atoms with Gasteiger partial charge >= 0.3 is 11.9 Å². The number of carbonyl (C=O) groups excluding carboxylic acids is 2. The Morgan fingerprint density at radius 1 is 0.889 bits per heavy atom. The van der Waals surface area contributed by atoms with Crippen LogP contribution in [0.2, 0.25) is 0 Å². The van der Waals surface area contributed by atoms with Crippen LogP contribution >= 0.6 is 63.7 Å². The van der Waals surface area contributed by atoms with E-state index in [1.54, 1.807) is 0 Å². The highest BCUT2D eigenvalue weighted by Crippen LogP contribution is 2.05. The maximum absolute atomic E-state index is 11.2. The average Bonchev–Trinajstić information content (AvgIpc) is 2.39. The molecule has 0 aliphatic rings. The highest BCUT2D eigenvalue weighted by Gasteiger charge is 2.07. The minimum Gasteiger partial charge on any atom is -0.461 e. The fourth-order valence-corrected chi connectivity index (χ4v) is 1.30. The van der Waals surface area contributed by atoms with Crippen molar-refractivity contribution in [1.82, 2.24) is 0 Å². The second kappa shape index (κ2) is 11.4. The van der Waals surface area contributed by atoms with E-state index >= 15 is 0 Å². The summed E-state index contributed by atoms with van der Waals surface area (Å²) in [7, 11) is 0. The van der Waals surface area contributed by atoms with E-state index in [4.69, 9.17) is 9.47 Å². The Bertz CT molecular complexity index is 268. The van der Waals surface area contributed by atoms with Gasteiger partial charge in [-0.05, 0) is 0 Å². The summed E-state index contributed by atoms with van der Waals surface area (Å²) in [5, 5.41) is 1.34. The van der Waals surface area contributed by atoms with Crippen LogP contribution in [0.4, 0.5) is 0 Å². The van der Waals surface area contributed by atoms with E-state index in [0.29, 0.717) is 10.7 Å². The maximum atomic E-state index is 11.2. The number of carbonyl (C=O) groups is 2. The highest BCUT2D eigenvalue weighted by atomic mass is 79.9. The predicted octanol–water partition coefficient (Wildman–Crippen LogP) is 2.95. The van der Waals surface area contributed by atoms with Crippen molar-refractivity contribution in [2.24, 2.45) is 0 Å². The number of rotatable bonds is 8. The molecule has 0 fully saturated rings. The molecule has 2 atom stereocenters. The minimum absolute atomic E-state index is 0.0508. The maximum Gasteiger partial charge on any atom is 0.331 e. The molecule has 0 aliphatic heterocycles. The fraction of sp³-hybridized carbons (Fsp3) is 0.600. The lowest BCUT2D eigenvalue weighted by Crippen LogP contribution is -2.15. The Morgan fingerprint density at radius 2 is 1.22 bits per heavy atom. The standard InChI is InChI=1S/C10H12Br4O4/c11-3-7(13)5-17-9(15)1-2-10(16)18-6-8(14)4-12/h1-2,7-8H,3-6H2. The van der Waals surface area contributed by atoms with E-state index in [-0.39, 0.29) is 22.9 Å². The Balaban J connectivity index is 3.85. The summed E-state index contributed by atoms with van der Waals surface area (Å²) in [5.74, 6) is -1.15. The molecule has 0 N–H and O–H groups in total. The van der Waals surface area contributed by atoms with Crippen molar-refractivity contribution in [3.63, 3.8) is 0 Å². The van der Waals surface area contributed by atoms with Crippen molar-refractivity contribution >= 4 is 75.7 Å². The molecule has 104 valence electrons. The lowest BCUT2D eigenvalue weighted by atomic mass is 10.5. The molecule has 0 spiro atoms. The van der Waals surface area contributed by atoms with Crippen LogP contribution in [0.3, 0.4) is 0 Å². The summed E-state index contributed by atoms with van der Waals surface area (Å²) in [5.41, 5.74) is 0. The first kappa shape index (κ1) is 18.6. The summed E-state index contributed by atoms with van der Waals surface area (Å²) < 4.78 is 9.73. The van der Waals surface area contributed by atoms with Gasteiger partial charge < -0.3 is 9.47 Å². The summed E-state index contributed by atoms with van der Waals surface area (Å²) in [6.45, 7) is 0.465. The van der Waals surface area contributed by atoms with Gasteiger partial charge in [-0.1, -0.05) is 63.7 Å². The van der Waals surface area contributed by atoms with Gasteiger partial charge in [0.2, 0.25) is 0 Å². The average molecular weight is 516 g/mol. The van der Waals surface area contributed by atoms with E-state index in [0.717, 1.165) is 12.2 Å². The van der Waals surface area contributed by atoms with Gasteiger partial charge in [-0.2, -0.15) is 0 Å². The number of ether oxygens (including phenoxy) is 2. The SMILES string of the molecule is O=C(C=CC(=O)OCC(Br)CBr)OCC(Br)CBr. The molecule has 0 aromatic rings. The zero-order valence-corrected chi connectivity index (χ0v) is 15.6. The lowest BCUT2D eigenvalue weighted by molar-refractivity contribution is -0.140. The van der Waals surface area contributed by atoms with E-state index in [2.05, 4.69) is 63.7 Å². The Kier molecular flexibility index (Phi) is 11.8. The molecule has 0 radical (unpaired) electrons. The first-order valence-electron chi connectivity index (χ1n) is 4.91. The number of hydrogen-bond donors (Lipinski definition) is 0. The van der Waals surface area contributed by atoms with Crippen molar-refractivity contribution in [1.29, 1.82) is 0 Å². The smallest absolute Gasteiger partial charge is 0.331 e. The van der Waals surface area contributed by atoms with Gasteiger partial charge in [-0.25, -0.2) is 9.59 Å². The zero-order chi connectivity index (χ0) is 14.0. The molecule has 0 heterocycles. The van der Waals surface area contributed by atoms with Gasteiger partial charge in [-0.3, -0.25) is 0 Å². The van der Waals surface area contributed by atoms with Gasteiger partial charge in [-0.15, -0.1) is 0 Å². The number of esters is 2. The molecular weight excluding hydrogens is 504 g/mol. The Labute approximate surface area is 139 Å². The topological polar surface area (TPSA) is 52.6 Å². The molecule has 0 aromatic carbocycles. The van der Waals surface area contributed by atoms with E-state index in [1.807, 2.05) is 0 Å². The highest BCUT2D eigenvalue weighted by molar-refractivity contribution is 9.12. The van der Waals surface area contributed by atoms with Crippen LogP contribution in [0.15, 0.2) is 12.2 Å². The third-order valence-corrected chi connectivity index (χ3v) is 5.98. The monoisotopic (exact) mass is 512 g/mol. The van der Waals surface area contributed by atoms with E-state index in [9.17, 15) is 9.59 Å². The molecule has 0 rings (SSSR count). The lowest BCUT2D eigenvalue weighted by Gasteiger charge is -2.06. The second-order valence-electron chi connectivity index (χ2n) is 3.10. The molecule has 8 heteroatoms. The molecule has 0 amide bonds. The second-order valence-corrected chi connectivity index (χ2v) is 6.98. The molecular formula is C10H12Br4O4. The van der Waals surface area contributed by atoms with Gasteiger partial charge in [0, 0.05) is 22.8 Å². The van der Waals surface area contributed by atoms with Crippen molar-refractivity contribution < 1.29 is 19.1 Å². The predicted molar refractivity (Wildman–Crippen MR) is 84.1 cm³/mol. The Hall–Kier alpha value is 0.600. The first-order valence-corrected chi connectivity index (χ1v) is 8.98. The third kappa shape index (κ3) is 10.5. The summed E-state index contributed by atoms with van der Waals surface area (Å²) in [4.78, 5) is 22.5. The minimum atomic E-state index is -0.576. The molecule has 0 aromatic heterocycles. The zero-order valence-electron chi connectivity index (χ0n) is 9.28. The molecule has 0 saturated heterocycles. The van der Waals surface area contributed by atoms with Crippen LogP contribution in [0.1, 0.15) is 0 Å². The Morgan fingerprint density at radius 3 is 1.50 bits per heavy atom. The number of hydrogen-bond acceptors (Lipinski definition) is 4. The molecule has 0 aliphatic carbocycles. The van der Waals surface area contributed by atoms with Crippen LogP contribution in [-0.2, 0) is 19.1 Å². The van der Waals surface area contributed by atoms with Crippen molar-refractivity contribution in [3.8, 4) is 0 Å². The molecule has 0 bridgehead atoms. The fourth-order valence-electron chi connectivity index (χ4n) is 0.667. The number of alkyl halides is 4. The van der Waals surface area contributed by atoms with E-state index in [1.165, 1.54) is 0 Å². The van der Waals surface area contributed by atoms with Crippen LogP contribution in [-0.4, -0.2) is 45.5 Å². The van der Waals surface area contributed by atoms with Crippen molar-refractivity contribution in [2.45, 2.75) is 9.65 Å². The van der Waals surface area contributed by atoms with Crippen molar-refractivity contribution in [2.75, 3.05) is 23.9 Å². The van der Waals surface area contributed by atoms with Crippen LogP contribution in [0.5, 0.6) is 0 Å². The number of halogens is 4. The van der Waals surface area contributed by atoms with Gasteiger partial charge in [0.25, 0.3) is 0 Å². The largest absolute Gasteiger partial charge is 0.461 e. The van der Waals surface area contributed by atoms with E-state index < -0.39 is 11.9 Å². The van der Waals surface area contributed by atoms with Crippen LogP contribution < -0.4 is 0 Å². The van der Waals surface area contributed by atoms with Gasteiger partial charge in [0.15, 0.2) is 0 Å². The summed E-state index contributed by atoms with van der Waals surface area (Å²) >= 11 is 13.0. The first-order chi connectivity index (χ1) is 8.49. The summed E-state index contributed by atoms with van der Waals surface area (Å²) in [6.07, 6.45) is 2.10. The van der Waals surface area contributed by atoms with Crippen LogP contribution in [0.25, 0.3) is 0 Å². The molecule has 2 unspecified atom stereocenters. The van der Waals surface area contributed by atoms with Gasteiger partial charge in [0.1, 0.15) is 13.2 Å². The molecule has 18 heavy (non-hydrogen) atoms.